The third-order valence-corrected chi connectivity index (χ3v) is 22.1. The summed E-state index contributed by atoms with van der Waals surface area (Å²) in [5.41, 5.74) is 0. The Morgan fingerprint density at radius 1 is 0.351 bits per heavy atom. The minimum atomic E-state index is -6.03. The second-order valence-corrected chi connectivity index (χ2v) is 26.6. The molecule has 4 saturated carbocycles. The van der Waals surface area contributed by atoms with Crippen molar-refractivity contribution < 1.29 is 59.3 Å². The summed E-state index contributed by atoms with van der Waals surface area (Å²) in [6.45, 7) is 0. The van der Waals surface area contributed by atoms with Gasteiger partial charge in [0.2, 0.25) is 18.1 Å². The first-order valence-corrected chi connectivity index (χ1v) is 27.8. The summed E-state index contributed by atoms with van der Waals surface area (Å²) >= 11 is 0. The predicted molar refractivity (Wildman–Crippen MR) is 203 cm³/mol. The van der Waals surface area contributed by atoms with Crippen LogP contribution in [0.1, 0.15) is 77.0 Å². The van der Waals surface area contributed by atoms with Gasteiger partial charge in [0.05, 0.1) is 69.9 Å². The maximum Gasteiger partial charge on any atom is 2.00 e. The van der Waals surface area contributed by atoms with Gasteiger partial charge in [0.15, 0.2) is 0 Å². The summed E-state index contributed by atoms with van der Waals surface area (Å²) < 4.78 is 133. The molecule has 0 aromatic rings. The van der Waals surface area contributed by atoms with Crippen molar-refractivity contribution >= 4 is 59.7 Å². The van der Waals surface area contributed by atoms with E-state index in [0.29, 0.717) is 11.8 Å². The van der Waals surface area contributed by atoms with Crippen LogP contribution in [0, 0.1) is 47.3 Å². The molecule has 25 heteroatoms. The number of hydrogen-bond donors (Lipinski definition) is 8. The van der Waals surface area contributed by atoms with Gasteiger partial charge in [-0.05, 0) is 74.0 Å². The van der Waals surface area contributed by atoms with Crippen molar-refractivity contribution in [3.05, 3.63) is 0 Å². The Hall–Kier alpha value is 0.474. The average molecular weight is 967 g/mol. The van der Waals surface area contributed by atoms with Crippen LogP contribution in [-0.2, 0) is 54.8 Å². The Kier molecular flexibility index (Phi) is 12.3. The molecule has 328 valence electrons. The van der Waals surface area contributed by atoms with Crippen molar-refractivity contribution in [3.63, 3.8) is 0 Å². The molecule has 5 heterocycles. The third-order valence-electron chi connectivity index (χ3n) is 15.3. The van der Waals surface area contributed by atoms with Crippen LogP contribution in [0.4, 0.5) is 0 Å². The van der Waals surface area contributed by atoms with E-state index in [9.17, 15) is 42.8 Å². The Morgan fingerprint density at radius 3 is 0.825 bits per heavy atom. The first-order chi connectivity index (χ1) is 26.3. The summed E-state index contributed by atoms with van der Waals surface area (Å²) in [6.07, 6.45) is 7.82. The standard InChI is InChI=1S/C32H54Cl2N8O10S4.Ni/c33-53(43,44)21-19-20(22(55(47,48)49)24(56(50,51)52)23(21)54(34,45)46)32-41-30-18-12-6-4-10-16(18)28(39-30)37-26-14-8-2-1-7-13(14)25(35-26)36-27-15-9-3-5-11-17(15)29(38-27)40-31(19)42-32;/h13-32,35-42H,1-12H2,(H,47,48,49)(H,50,51,52);/q;+2/p-2. The molecule has 0 amide bonds. The maximum absolute atomic E-state index is 13.7. The quantitative estimate of drug-likeness (QED) is 0.0928. The topological polar surface area (TPSA) is 279 Å². The van der Waals surface area contributed by atoms with Gasteiger partial charge in [-0.2, -0.15) is 0 Å². The number of rotatable bonds is 4. The molecule has 8 N–H and O–H groups in total. The number of fused-ring (bicyclic) bond motifs is 20. The SMILES string of the molecule is O=S(=O)([O-])C1C2C3NC4NC(NC5NC(NC6NC(NC(N3)C2C(S(=O)(=O)Cl)C(S(=O)(=O)Cl)C1S(=O)(=O)[O-])C1CCCCC61)C1CCCCC51)C1CCCCC41.[Ni+2]. The largest absolute Gasteiger partial charge is 2.00 e. The van der Waals surface area contributed by atoms with Crippen molar-refractivity contribution in [2.45, 2.75) is 147 Å². The van der Waals surface area contributed by atoms with Gasteiger partial charge in [-0.25, -0.2) is 33.7 Å². The summed E-state index contributed by atoms with van der Waals surface area (Å²) in [7, 11) is -10.5. The van der Waals surface area contributed by atoms with Crippen LogP contribution in [0.5, 0.6) is 0 Å². The molecule has 0 aromatic carbocycles. The van der Waals surface area contributed by atoms with Crippen LogP contribution in [0.15, 0.2) is 0 Å². The van der Waals surface area contributed by atoms with E-state index in [1.807, 2.05) is 0 Å². The Labute approximate surface area is 354 Å². The molecular weight excluding hydrogens is 914 g/mol. The van der Waals surface area contributed by atoms with E-state index in [-0.39, 0.29) is 64.8 Å². The average Bonchev–Trinajstić information content (AvgIpc) is 3.84. The van der Waals surface area contributed by atoms with Crippen LogP contribution >= 0.6 is 21.4 Å². The van der Waals surface area contributed by atoms with Crippen LogP contribution in [0.25, 0.3) is 0 Å². The minimum Gasteiger partial charge on any atom is -0.748 e. The fraction of sp³-hybridized carbons (Fsp3) is 1.00. The van der Waals surface area contributed by atoms with Crippen LogP contribution in [0.2, 0.25) is 0 Å². The van der Waals surface area contributed by atoms with Crippen LogP contribution in [0.3, 0.4) is 0 Å². The van der Waals surface area contributed by atoms with Gasteiger partial charge < -0.3 is 9.11 Å². The Balaban J connectivity index is 0.00000455. The molecule has 57 heavy (non-hydrogen) atoms. The Bertz CT molecular complexity index is 1860. The molecule has 9 aliphatic rings. The Morgan fingerprint density at radius 2 is 0.579 bits per heavy atom. The van der Waals surface area contributed by atoms with E-state index in [0.717, 1.165) is 77.0 Å². The van der Waals surface area contributed by atoms with E-state index in [1.54, 1.807) is 0 Å². The molecule has 0 spiro atoms. The first-order valence-electron chi connectivity index (χ1n) is 20.2. The van der Waals surface area contributed by atoms with E-state index in [4.69, 9.17) is 21.4 Å². The van der Waals surface area contributed by atoms with Gasteiger partial charge in [0.25, 0.3) is 0 Å². The second-order valence-electron chi connectivity index (χ2n) is 17.9. The van der Waals surface area contributed by atoms with E-state index in [1.165, 1.54) is 0 Å². The van der Waals surface area contributed by atoms with Crippen molar-refractivity contribution in [1.29, 1.82) is 0 Å². The summed E-state index contributed by atoms with van der Waals surface area (Å²) in [5, 5.41) is 18.4. The first kappa shape index (κ1) is 44.1. The zero-order valence-electron chi connectivity index (χ0n) is 30.8. The van der Waals surface area contributed by atoms with Gasteiger partial charge in [0, 0.05) is 33.2 Å². The molecule has 0 aromatic heterocycles. The van der Waals surface area contributed by atoms with E-state index in [2.05, 4.69) is 42.5 Å². The predicted octanol–water partition coefficient (Wildman–Crippen LogP) is -1.26. The van der Waals surface area contributed by atoms with Crippen molar-refractivity contribution in [3.8, 4) is 0 Å². The van der Waals surface area contributed by atoms with E-state index >= 15 is 0 Å². The zero-order chi connectivity index (χ0) is 39.7. The summed E-state index contributed by atoms with van der Waals surface area (Å²) in [5.74, 6) is -2.31. The second kappa shape index (κ2) is 15.9. The van der Waals surface area contributed by atoms with Gasteiger partial charge >= 0.3 is 16.5 Å². The van der Waals surface area contributed by atoms with Crippen molar-refractivity contribution in [2.75, 3.05) is 0 Å². The van der Waals surface area contributed by atoms with Gasteiger partial charge in [-0.1, -0.05) is 38.5 Å². The monoisotopic (exact) mass is 964 g/mol. The van der Waals surface area contributed by atoms with Crippen molar-refractivity contribution in [1.82, 2.24) is 42.5 Å². The number of nitrogens with one attached hydrogen (secondary N) is 8. The molecule has 20 unspecified atom stereocenters. The molecule has 5 saturated heterocycles. The molecular formula is C32H52Cl2N8NiO10S4. The molecule has 18 nitrogen and oxygen atoms in total. The van der Waals surface area contributed by atoms with Gasteiger partial charge in [-0.15, -0.1) is 0 Å². The van der Waals surface area contributed by atoms with Gasteiger partial charge in [-0.3, -0.25) is 42.5 Å². The molecule has 9 rings (SSSR count). The third kappa shape index (κ3) is 7.92. The minimum absolute atomic E-state index is 0. The van der Waals surface area contributed by atoms with E-state index < -0.39 is 95.8 Å². The molecule has 8 bridgehead atoms. The smallest absolute Gasteiger partial charge is 0.748 e. The molecule has 5 aliphatic heterocycles. The normalized spacial score (nSPS) is 50.2. The molecule has 0 radical (unpaired) electrons. The van der Waals surface area contributed by atoms with Gasteiger partial charge in [0.1, 0.15) is 20.6 Å². The fourth-order valence-electron chi connectivity index (χ4n) is 13.3. The van der Waals surface area contributed by atoms with Crippen molar-refractivity contribution in [2.24, 2.45) is 47.3 Å². The fourth-order valence-corrected chi connectivity index (χ4v) is 22.4. The molecule has 4 aliphatic carbocycles. The maximum atomic E-state index is 13.7. The summed E-state index contributed by atoms with van der Waals surface area (Å²) in [6, 6.07) is 0. The number of halogens is 2. The molecule has 20 atom stereocenters. The summed E-state index contributed by atoms with van der Waals surface area (Å²) in [4.78, 5) is 0. The zero-order valence-corrected chi connectivity index (χ0v) is 36.6. The van der Waals surface area contributed by atoms with Crippen LogP contribution < -0.4 is 42.5 Å². The molecule has 9 fully saturated rings. The number of hydrogen-bond acceptors (Lipinski definition) is 18. The van der Waals surface area contributed by atoms with Crippen LogP contribution in [-0.4, -0.2) is 113 Å².